The molecule has 0 aliphatic carbocycles. The van der Waals surface area contributed by atoms with Gasteiger partial charge in [-0.2, -0.15) is 4.98 Å². The Morgan fingerprint density at radius 3 is 2.85 bits per heavy atom. The van der Waals surface area contributed by atoms with Crippen molar-refractivity contribution in [2.45, 2.75) is 25.9 Å². The number of rotatable bonds is 5. The molecule has 4 rings (SSSR count). The first kappa shape index (κ1) is 17.4. The fourth-order valence-corrected chi connectivity index (χ4v) is 3.18. The summed E-state index contributed by atoms with van der Waals surface area (Å²) in [4.78, 5) is 23.5. The Morgan fingerprint density at radius 2 is 2.07 bits per heavy atom. The minimum Gasteiger partial charge on any atom is -0.353 e. The van der Waals surface area contributed by atoms with Crippen molar-refractivity contribution in [2.24, 2.45) is 0 Å². The van der Waals surface area contributed by atoms with E-state index in [1.807, 2.05) is 55.6 Å². The highest BCUT2D eigenvalue weighted by molar-refractivity contribution is 5.82. The fourth-order valence-electron chi connectivity index (χ4n) is 3.18. The number of carbonyl (C=O) groups excluding carboxylic acids is 1. The number of carbonyl (C=O) groups is 1. The number of nitrogens with zero attached hydrogens (tertiary/aromatic N) is 4. The molecule has 27 heavy (non-hydrogen) atoms. The summed E-state index contributed by atoms with van der Waals surface area (Å²) in [5.74, 6) is 0.971. The Bertz CT molecular complexity index is 908. The maximum atomic E-state index is 12.5. The van der Waals surface area contributed by atoms with Crippen LogP contribution >= 0.6 is 0 Å². The van der Waals surface area contributed by atoms with E-state index in [4.69, 9.17) is 4.52 Å². The van der Waals surface area contributed by atoms with Crippen molar-refractivity contribution in [1.82, 2.24) is 25.3 Å². The molecule has 1 atom stereocenters. The molecule has 0 saturated carbocycles. The van der Waals surface area contributed by atoms with Gasteiger partial charge in [-0.25, -0.2) is 0 Å². The summed E-state index contributed by atoms with van der Waals surface area (Å²) in [5.41, 5.74) is 2.95. The van der Waals surface area contributed by atoms with Crippen LogP contribution in [0.4, 0.5) is 0 Å². The van der Waals surface area contributed by atoms with Crippen LogP contribution in [0.15, 0.2) is 53.2 Å². The topological polar surface area (TPSA) is 84.2 Å². The number of nitrogens with one attached hydrogen (secondary N) is 1. The molecule has 1 aliphatic heterocycles. The minimum absolute atomic E-state index is 0.0205. The van der Waals surface area contributed by atoms with Crippen molar-refractivity contribution < 1.29 is 9.32 Å². The Kier molecular flexibility index (Phi) is 4.93. The lowest BCUT2D eigenvalue weighted by Gasteiger charge is -2.34. The molecule has 138 valence electrons. The molecular weight excluding hydrogens is 342 g/mol. The number of aryl methyl sites for hydroxylation is 1. The van der Waals surface area contributed by atoms with Crippen molar-refractivity contribution >= 4 is 5.91 Å². The van der Waals surface area contributed by atoms with E-state index in [0.717, 1.165) is 23.4 Å². The lowest BCUT2D eigenvalue weighted by Crippen LogP contribution is -2.55. The third-order valence-corrected chi connectivity index (χ3v) is 4.65. The van der Waals surface area contributed by atoms with Crippen molar-refractivity contribution in [3.8, 4) is 11.4 Å². The van der Waals surface area contributed by atoms with E-state index in [-0.39, 0.29) is 11.9 Å². The highest BCUT2D eigenvalue weighted by atomic mass is 16.5. The van der Waals surface area contributed by atoms with E-state index in [1.165, 1.54) is 0 Å². The van der Waals surface area contributed by atoms with Crippen LogP contribution < -0.4 is 5.32 Å². The SMILES string of the molecule is Cc1ccc(CN2CCNC(=O)C2Cc2nc(-c3ccccc3)no2)nc1. The van der Waals surface area contributed by atoms with Gasteiger partial charge in [0.2, 0.25) is 17.6 Å². The Balaban J connectivity index is 1.50. The van der Waals surface area contributed by atoms with Crippen molar-refractivity contribution in [2.75, 3.05) is 13.1 Å². The predicted octanol–water partition coefficient (Wildman–Crippen LogP) is 1.98. The van der Waals surface area contributed by atoms with Crippen molar-refractivity contribution in [3.05, 3.63) is 65.8 Å². The van der Waals surface area contributed by atoms with Crippen molar-refractivity contribution in [1.29, 1.82) is 0 Å². The van der Waals surface area contributed by atoms with Gasteiger partial charge < -0.3 is 9.84 Å². The Labute approximate surface area is 157 Å². The third-order valence-electron chi connectivity index (χ3n) is 4.65. The quantitative estimate of drug-likeness (QED) is 0.746. The summed E-state index contributed by atoms with van der Waals surface area (Å²) in [7, 11) is 0. The summed E-state index contributed by atoms with van der Waals surface area (Å²) >= 11 is 0. The van der Waals surface area contributed by atoms with E-state index in [1.54, 1.807) is 0 Å². The normalized spacial score (nSPS) is 17.7. The van der Waals surface area contributed by atoms with Crippen LogP contribution in [-0.4, -0.2) is 45.1 Å². The van der Waals surface area contributed by atoms with Crippen LogP contribution in [0.2, 0.25) is 0 Å². The lowest BCUT2D eigenvalue weighted by atomic mass is 10.1. The number of hydrogen-bond donors (Lipinski definition) is 1. The van der Waals surface area contributed by atoms with Gasteiger partial charge in [-0.15, -0.1) is 0 Å². The molecule has 0 bridgehead atoms. The molecule has 1 fully saturated rings. The van der Waals surface area contributed by atoms with Gasteiger partial charge in [0.05, 0.1) is 18.2 Å². The highest BCUT2D eigenvalue weighted by Crippen LogP contribution is 2.18. The summed E-state index contributed by atoms with van der Waals surface area (Å²) in [6, 6.07) is 13.3. The second-order valence-corrected chi connectivity index (χ2v) is 6.69. The Hall–Kier alpha value is -3.06. The number of piperazine rings is 1. The van der Waals surface area contributed by atoms with Gasteiger partial charge >= 0.3 is 0 Å². The first-order valence-corrected chi connectivity index (χ1v) is 9.00. The average molecular weight is 363 g/mol. The summed E-state index contributed by atoms with van der Waals surface area (Å²) in [6.45, 7) is 4.00. The van der Waals surface area contributed by atoms with E-state index in [2.05, 4.69) is 25.3 Å². The van der Waals surface area contributed by atoms with Gasteiger partial charge in [0.15, 0.2) is 0 Å². The van der Waals surface area contributed by atoms with E-state index in [9.17, 15) is 4.79 Å². The van der Waals surface area contributed by atoms with E-state index in [0.29, 0.717) is 31.2 Å². The second-order valence-electron chi connectivity index (χ2n) is 6.69. The molecule has 3 aromatic rings. The van der Waals surface area contributed by atoms with Crippen LogP contribution in [0.3, 0.4) is 0 Å². The lowest BCUT2D eigenvalue weighted by molar-refractivity contribution is -0.129. The van der Waals surface area contributed by atoms with Crippen LogP contribution in [-0.2, 0) is 17.8 Å². The second kappa shape index (κ2) is 7.67. The van der Waals surface area contributed by atoms with Gasteiger partial charge in [0.25, 0.3) is 0 Å². The van der Waals surface area contributed by atoms with E-state index >= 15 is 0 Å². The van der Waals surface area contributed by atoms with Crippen LogP contribution in [0.5, 0.6) is 0 Å². The minimum atomic E-state index is -0.356. The molecule has 7 nitrogen and oxygen atoms in total. The van der Waals surface area contributed by atoms with Gasteiger partial charge in [-0.05, 0) is 18.6 Å². The van der Waals surface area contributed by atoms with Crippen LogP contribution in [0.1, 0.15) is 17.1 Å². The molecule has 7 heteroatoms. The molecule has 0 spiro atoms. The summed E-state index contributed by atoms with van der Waals surface area (Å²) in [5, 5.41) is 6.97. The van der Waals surface area contributed by atoms with Gasteiger partial charge in [-0.1, -0.05) is 41.6 Å². The molecule has 1 aromatic carbocycles. The smallest absolute Gasteiger partial charge is 0.237 e. The number of pyridine rings is 1. The Morgan fingerprint density at radius 1 is 1.22 bits per heavy atom. The summed E-state index contributed by atoms with van der Waals surface area (Å²) in [6.07, 6.45) is 2.22. The molecule has 3 heterocycles. The number of aromatic nitrogens is 3. The standard InChI is InChI=1S/C20H21N5O2/c1-14-7-8-16(22-12-14)13-25-10-9-21-20(26)17(25)11-18-23-19(24-27-18)15-5-3-2-4-6-15/h2-8,12,17H,9-11,13H2,1H3,(H,21,26). The van der Waals surface area contributed by atoms with Gasteiger partial charge in [0.1, 0.15) is 0 Å². The molecule has 1 N–H and O–H groups in total. The summed E-state index contributed by atoms with van der Waals surface area (Å²) < 4.78 is 5.40. The molecule has 1 unspecified atom stereocenters. The molecule has 1 saturated heterocycles. The van der Waals surface area contributed by atoms with E-state index < -0.39 is 0 Å². The molecular formula is C20H21N5O2. The van der Waals surface area contributed by atoms with Crippen LogP contribution in [0.25, 0.3) is 11.4 Å². The zero-order valence-corrected chi connectivity index (χ0v) is 15.1. The highest BCUT2D eigenvalue weighted by Gasteiger charge is 2.31. The zero-order valence-electron chi connectivity index (χ0n) is 15.1. The molecule has 2 aromatic heterocycles. The third kappa shape index (κ3) is 4.03. The first-order valence-electron chi connectivity index (χ1n) is 9.00. The average Bonchev–Trinajstić information content (AvgIpc) is 3.16. The van der Waals surface area contributed by atoms with Crippen molar-refractivity contribution in [3.63, 3.8) is 0 Å². The molecule has 1 aliphatic rings. The number of hydrogen-bond acceptors (Lipinski definition) is 6. The zero-order chi connectivity index (χ0) is 18.6. The number of amides is 1. The number of benzene rings is 1. The van der Waals surface area contributed by atoms with Gasteiger partial charge in [-0.3, -0.25) is 14.7 Å². The van der Waals surface area contributed by atoms with Gasteiger partial charge in [0, 0.05) is 31.4 Å². The van der Waals surface area contributed by atoms with Crippen LogP contribution in [0, 0.1) is 6.92 Å². The predicted molar refractivity (Wildman–Crippen MR) is 99.6 cm³/mol. The maximum Gasteiger partial charge on any atom is 0.237 e. The molecule has 1 amide bonds. The largest absolute Gasteiger partial charge is 0.353 e. The monoisotopic (exact) mass is 363 g/mol. The fraction of sp³-hybridized carbons (Fsp3) is 0.300. The maximum absolute atomic E-state index is 12.5. The first-order chi connectivity index (χ1) is 13.2. The molecule has 0 radical (unpaired) electrons.